The predicted octanol–water partition coefficient (Wildman–Crippen LogP) is 4.22. The van der Waals surface area contributed by atoms with Crippen molar-refractivity contribution >= 4 is 28.5 Å². The van der Waals surface area contributed by atoms with Crippen molar-refractivity contribution in [2.24, 2.45) is 0 Å². The van der Waals surface area contributed by atoms with Crippen molar-refractivity contribution in [3.05, 3.63) is 77.9 Å². The van der Waals surface area contributed by atoms with E-state index in [0.29, 0.717) is 5.69 Å². The molecule has 1 N–H and O–H groups in total. The molecule has 5 nitrogen and oxygen atoms in total. The molecule has 0 heterocycles. The Morgan fingerprint density at radius 2 is 1.70 bits per heavy atom. The summed E-state index contributed by atoms with van der Waals surface area (Å²) in [7, 11) is 3.34. The van der Waals surface area contributed by atoms with Crippen LogP contribution >= 0.6 is 0 Å². The number of fused-ring (bicyclic) bond motifs is 1. The first-order chi connectivity index (χ1) is 13.0. The van der Waals surface area contributed by atoms with Gasteiger partial charge in [-0.05, 0) is 34.0 Å². The highest BCUT2D eigenvalue weighted by atomic mass is 16.5. The van der Waals surface area contributed by atoms with Crippen molar-refractivity contribution < 1.29 is 14.3 Å². The van der Waals surface area contributed by atoms with E-state index in [1.165, 1.54) is 4.90 Å². The van der Waals surface area contributed by atoms with Gasteiger partial charge in [0.1, 0.15) is 6.61 Å². The van der Waals surface area contributed by atoms with Crippen molar-refractivity contribution in [2.75, 3.05) is 19.4 Å². The van der Waals surface area contributed by atoms with Crippen LogP contribution in [-0.2, 0) is 22.6 Å². The summed E-state index contributed by atoms with van der Waals surface area (Å²) in [6, 6.07) is 21.0. The van der Waals surface area contributed by atoms with E-state index in [1.54, 1.807) is 32.3 Å². The molecule has 27 heavy (non-hydrogen) atoms. The van der Waals surface area contributed by atoms with Gasteiger partial charge < -0.3 is 15.0 Å². The summed E-state index contributed by atoms with van der Waals surface area (Å²) in [6.45, 7) is 0.233. The fourth-order valence-electron chi connectivity index (χ4n) is 2.79. The van der Waals surface area contributed by atoms with Crippen molar-refractivity contribution in [2.45, 2.75) is 13.0 Å². The van der Waals surface area contributed by atoms with Crippen LogP contribution in [0.2, 0.25) is 0 Å². The number of hydrogen-bond acceptors (Lipinski definition) is 3. The average Bonchev–Trinajstić information content (AvgIpc) is 2.66. The Morgan fingerprint density at radius 3 is 2.52 bits per heavy atom. The molecule has 0 aliphatic heterocycles. The zero-order chi connectivity index (χ0) is 19.2. The van der Waals surface area contributed by atoms with Gasteiger partial charge in [0.2, 0.25) is 0 Å². The van der Waals surface area contributed by atoms with Crippen LogP contribution in [-0.4, -0.2) is 31.0 Å². The topological polar surface area (TPSA) is 58.6 Å². The average molecular weight is 362 g/mol. The SMILES string of the molecule is CN(C)C(=O)Nc1cccc(CC(=O)OCc2cccc3ccccc23)c1. The van der Waals surface area contributed by atoms with E-state index < -0.39 is 0 Å². The van der Waals surface area contributed by atoms with Gasteiger partial charge in [0.15, 0.2) is 0 Å². The van der Waals surface area contributed by atoms with Crippen molar-refractivity contribution in [1.29, 1.82) is 0 Å². The van der Waals surface area contributed by atoms with Gasteiger partial charge in [-0.25, -0.2) is 4.79 Å². The van der Waals surface area contributed by atoms with Gasteiger partial charge in [-0.3, -0.25) is 4.79 Å². The maximum Gasteiger partial charge on any atom is 0.321 e. The second kappa shape index (κ2) is 8.36. The molecular weight excluding hydrogens is 340 g/mol. The van der Waals surface area contributed by atoms with Crippen molar-refractivity contribution in [1.82, 2.24) is 4.90 Å². The summed E-state index contributed by atoms with van der Waals surface area (Å²) in [5, 5.41) is 4.97. The molecule has 2 amide bonds. The second-order valence-corrected chi connectivity index (χ2v) is 6.50. The summed E-state index contributed by atoms with van der Waals surface area (Å²) in [4.78, 5) is 25.4. The molecule has 0 radical (unpaired) electrons. The van der Waals surface area contributed by atoms with E-state index in [1.807, 2.05) is 48.5 Å². The Hall–Kier alpha value is -3.34. The maximum absolute atomic E-state index is 12.2. The first kappa shape index (κ1) is 18.5. The number of ether oxygens (including phenoxy) is 1. The number of nitrogens with zero attached hydrogens (tertiary/aromatic N) is 1. The summed E-state index contributed by atoms with van der Waals surface area (Å²) in [5.74, 6) is -0.306. The van der Waals surface area contributed by atoms with Gasteiger partial charge in [0.25, 0.3) is 0 Å². The molecule has 3 rings (SSSR count). The minimum Gasteiger partial charge on any atom is -0.461 e. The van der Waals surface area contributed by atoms with Crippen LogP contribution in [0.3, 0.4) is 0 Å². The predicted molar refractivity (Wildman–Crippen MR) is 107 cm³/mol. The number of esters is 1. The van der Waals surface area contributed by atoms with Crippen LogP contribution in [0.1, 0.15) is 11.1 Å². The molecule has 0 atom stereocenters. The molecule has 0 saturated carbocycles. The normalized spacial score (nSPS) is 10.4. The summed E-state index contributed by atoms with van der Waals surface area (Å²) in [5.41, 5.74) is 2.41. The standard InChI is InChI=1S/C22H22N2O3/c1-24(2)22(26)23-19-11-5-7-16(13-19)14-21(25)27-15-18-10-6-9-17-8-3-4-12-20(17)18/h3-13H,14-15H2,1-2H3,(H,23,26). The lowest BCUT2D eigenvalue weighted by atomic mass is 10.1. The summed E-state index contributed by atoms with van der Waals surface area (Å²) < 4.78 is 5.46. The molecule has 138 valence electrons. The maximum atomic E-state index is 12.2. The third kappa shape index (κ3) is 4.85. The van der Waals surface area contributed by atoms with Crippen LogP contribution in [0.5, 0.6) is 0 Å². The molecule has 0 saturated heterocycles. The number of urea groups is 1. The zero-order valence-corrected chi connectivity index (χ0v) is 15.4. The van der Waals surface area contributed by atoms with Gasteiger partial charge in [0.05, 0.1) is 6.42 Å². The first-order valence-corrected chi connectivity index (χ1v) is 8.72. The highest BCUT2D eigenvalue weighted by Gasteiger charge is 2.09. The van der Waals surface area contributed by atoms with Crippen LogP contribution < -0.4 is 5.32 Å². The minimum absolute atomic E-state index is 0.149. The minimum atomic E-state index is -0.306. The smallest absolute Gasteiger partial charge is 0.321 e. The van der Waals surface area contributed by atoms with Crippen molar-refractivity contribution in [3.63, 3.8) is 0 Å². The third-order valence-corrected chi connectivity index (χ3v) is 4.20. The number of benzene rings is 3. The van der Waals surface area contributed by atoms with E-state index in [0.717, 1.165) is 21.9 Å². The highest BCUT2D eigenvalue weighted by molar-refractivity contribution is 5.89. The molecule has 0 aliphatic carbocycles. The molecule has 0 aromatic heterocycles. The molecule has 0 spiro atoms. The van der Waals surface area contributed by atoms with Crippen LogP contribution in [0, 0.1) is 0 Å². The van der Waals surface area contributed by atoms with E-state index in [4.69, 9.17) is 4.74 Å². The number of anilines is 1. The molecule has 5 heteroatoms. The quantitative estimate of drug-likeness (QED) is 0.692. The Labute approximate surface area is 158 Å². The lowest BCUT2D eigenvalue weighted by Crippen LogP contribution is -2.27. The Bertz CT molecular complexity index is 961. The van der Waals surface area contributed by atoms with Gasteiger partial charge in [-0.2, -0.15) is 0 Å². The first-order valence-electron chi connectivity index (χ1n) is 8.72. The van der Waals surface area contributed by atoms with Crippen LogP contribution in [0.4, 0.5) is 10.5 Å². The fourth-order valence-corrected chi connectivity index (χ4v) is 2.79. The molecule has 0 fully saturated rings. The second-order valence-electron chi connectivity index (χ2n) is 6.50. The number of hydrogen-bond donors (Lipinski definition) is 1. The Morgan fingerprint density at radius 1 is 0.963 bits per heavy atom. The summed E-state index contributed by atoms with van der Waals surface area (Å²) in [6.07, 6.45) is 0.149. The number of carbonyl (C=O) groups excluding carboxylic acids is 2. The van der Waals surface area contributed by atoms with E-state index >= 15 is 0 Å². The lowest BCUT2D eigenvalue weighted by molar-refractivity contribution is -0.144. The largest absolute Gasteiger partial charge is 0.461 e. The number of amides is 2. The van der Waals surface area contributed by atoms with Gasteiger partial charge in [-0.1, -0.05) is 54.6 Å². The monoisotopic (exact) mass is 362 g/mol. The van der Waals surface area contributed by atoms with Crippen LogP contribution in [0.15, 0.2) is 66.7 Å². The third-order valence-electron chi connectivity index (χ3n) is 4.20. The number of carbonyl (C=O) groups is 2. The lowest BCUT2D eigenvalue weighted by Gasteiger charge is -2.12. The van der Waals surface area contributed by atoms with E-state index in [2.05, 4.69) is 5.32 Å². The highest BCUT2D eigenvalue weighted by Crippen LogP contribution is 2.19. The van der Waals surface area contributed by atoms with E-state index in [-0.39, 0.29) is 25.0 Å². The molecule has 0 bridgehead atoms. The molecular formula is C22H22N2O3. The Kier molecular flexibility index (Phi) is 5.71. The molecule has 3 aromatic carbocycles. The fraction of sp³-hybridized carbons (Fsp3) is 0.182. The van der Waals surface area contributed by atoms with Gasteiger partial charge >= 0.3 is 12.0 Å². The molecule has 0 unspecified atom stereocenters. The number of nitrogens with one attached hydrogen (secondary N) is 1. The van der Waals surface area contributed by atoms with E-state index in [9.17, 15) is 9.59 Å². The zero-order valence-electron chi connectivity index (χ0n) is 15.4. The summed E-state index contributed by atoms with van der Waals surface area (Å²) >= 11 is 0. The number of rotatable bonds is 5. The van der Waals surface area contributed by atoms with Crippen molar-refractivity contribution in [3.8, 4) is 0 Å². The Balaban J connectivity index is 1.62. The van der Waals surface area contributed by atoms with Gasteiger partial charge in [-0.15, -0.1) is 0 Å². The van der Waals surface area contributed by atoms with Gasteiger partial charge in [0, 0.05) is 19.8 Å². The molecule has 3 aromatic rings. The van der Waals surface area contributed by atoms with Crippen LogP contribution in [0.25, 0.3) is 10.8 Å². The molecule has 0 aliphatic rings.